The summed E-state index contributed by atoms with van der Waals surface area (Å²) >= 11 is 0. The zero-order valence-electron chi connectivity index (χ0n) is 12.0. The SMILES string of the molecule is CC(c1ccccc1)C1CC=CC=C(OCC2CO2)C1. The molecule has 1 aromatic carbocycles. The second-order valence-corrected chi connectivity index (χ2v) is 5.73. The van der Waals surface area contributed by atoms with E-state index in [1.165, 1.54) is 5.56 Å². The van der Waals surface area contributed by atoms with E-state index in [-0.39, 0.29) is 0 Å². The Morgan fingerprint density at radius 3 is 2.85 bits per heavy atom. The Morgan fingerprint density at radius 1 is 1.30 bits per heavy atom. The van der Waals surface area contributed by atoms with Crippen molar-refractivity contribution in [3.8, 4) is 0 Å². The van der Waals surface area contributed by atoms with Gasteiger partial charge in [0.05, 0.1) is 12.4 Å². The minimum atomic E-state index is 0.327. The van der Waals surface area contributed by atoms with Crippen LogP contribution in [0.2, 0.25) is 0 Å². The summed E-state index contributed by atoms with van der Waals surface area (Å²) in [6, 6.07) is 10.8. The van der Waals surface area contributed by atoms with Gasteiger partial charge in [0.25, 0.3) is 0 Å². The molecule has 3 unspecified atom stereocenters. The lowest BCUT2D eigenvalue weighted by atomic mass is 9.83. The molecule has 2 heteroatoms. The molecule has 1 aliphatic carbocycles. The van der Waals surface area contributed by atoms with Crippen molar-refractivity contribution in [1.29, 1.82) is 0 Å². The van der Waals surface area contributed by atoms with Crippen LogP contribution in [0.3, 0.4) is 0 Å². The lowest BCUT2D eigenvalue weighted by Gasteiger charge is -2.23. The Bertz CT molecular complexity index is 485. The van der Waals surface area contributed by atoms with Crippen LogP contribution in [0.5, 0.6) is 0 Å². The molecule has 0 radical (unpaired) electrons. The van der Waals surface area contributed by atoms with Gasteiger partial charge in [0.15, 0.2) is 0 Å². The maximum atomic E-state index is 5.89. The van der Waals surface area contributed by atoms with Crippen LogP contribution in [0, 0.1) is 5.92 Å². The van der Waals surface area contributed by atoms with Crippen molar-refractivity contribution in [1.82, 2.24) is 0 Å². The third-order valence-electron chi connectivity index (χ3n) is 4.21. The minimum Gasteiger partial charge on any atom is -0.495 e. The highest BCUT2D eigenvalue weighted by Crippen LogP contribution is 2.33. The summed E-state index contributed by atoms with van der Waals surface area (Å²) in [4.78, 5) is 0. The van der Waals surface area contributed by atoms with E-state index in [2.05, 4.69) is 55.5 Å². The summed E-state index contributed by atoms with van der Waals surface area (Å²) in [5.41, 5.74) is 1.41. The average Bonchev–Trinajstić information content (AvgIpc) is 3.32. The van der Waals surface area contributed by atoms with Crippen molar-refractivity contribution in [2.75, 3.05) is 13.2 Å². The third-order valence-corrected chi connectivity index (χ3v) is 4.21. The van der Waals surface area contributed by atoms with Crippen LogP contribution in [-0.4, -0.2) is 19.3 Å². The largest absolute Gasteiger partial charge is 0.495 e. The second kappa shape index (κ2) is 6.27. The van der Waals surface area contributed by atoms with Crippen LogP contribution in [0.1, 0.15) is 31.2 Å². The topological polar surface area (TPSA) is 21.8 Å². The number of ether oxygens (including phenoxy) is 2. The van der Waals surface area contributed by atoms with Crippen molar-refractivity contribution in [3.05, 3.63) is 59.9 Å². The van der Waals surface area contributed by atoms with Crippen LogP contribution < -0.4 is 0 Å². The predicted octanol–water partition coefficient (Wildman–Crippen LogP) is 4.06. The normalized spacial score (nSPS) is 26.6. The average molecular weight is 270 g/mol. The number of epoxide rings is 1. The zero-order valence-corrected chi connectivity index (χ0v) is 12.0. The van der Waals surface area contributed by atoms with E-state index < -0.39 is 0 Å². The van der Waals surface area contributed by atoms with E-state index in [9.17, 15) is 0 Å². The molecule has 3 rings (SSSR count). The highest BCUT2D eigenvalue weighted by atomic mass is 16.6. The molecule has 1 saturated heterocycles. The van der Waals surface area contributed by atoms with Crippen LogP contribution >= 0.6 is 0 Å². The predicted molar refractivity (Wildman–Crippen MR) is 80.5 cm³/mol. The maximum absolute atomic E-state index is 5.89. The lowest BCUT2D eigenvalue weighted by molar-refractivity contribution is 0.165. The van der Waals surface area contributed by atoms with E-state index in [0.717, 1.165) is 25.2 Å². The van der Waals surface area contributed by atoms with Crippen LogP contribution in [0.25, 0.3) is 0 Å². The molecule has 2 nitrogen and oxygen atoms in total. The van der Waals surface area contributed by atoms with Gasteiger partial charge in [0, 0.05) is 6.42 Å². The van der Waals surface area contributed by atoms with E-state index >= 15 is 0 Å². The Morgan fingerprint density at radius 2 is 2.10 bits per heavy atom. The Balaban J connectivity index is 1.63. The smallest absolute Gasteiger partial charge is 0.116 e. The lowest BCUT2D eigenvalue weighted by Crippen LogP contribution is -2.12. The molecule has 0 amide bonds. The summed E-state index contributed by atoms with van der Waals surface area (Å²) in [5.74, 6) is 2.24. The Kier molecular flexibility index (Phi) is 4.22. The molecular weight excluding hydrogens is 248 g/mol. The van der Waals surface area contributed by atoms with Gasteiger partial charge in [-0.2, -0.15) is 0 Å². The van der Waals surface area contributed by atoms with E-state index in [4.69, 9.17) is 9.47 Å². The number of rotatable bonds is 5. The number of hydrogen-bond acceptors (Lipinski definition) is 2. The summed E-state index contributed by atoms with van der Waals surface area (Å²) < 4.78 is 11.1. The van der Waals surface area contributed by atoms with Gasteiger partial charge >= 0.3 is 0 Å². The van der Waals surface area contributed by atoms with Crippen LogP contribution in [0.4, 0.5) is 0 Å². The molecule has 0 spiro atoms. The number of allylic oxidation sites excluding steroid dienone is 4. The first-order chi connectivity index (χ1) is 9.83. The molecule has 2 aliphatic rings. The van der Waals surface area contributed by atoms with Gasteiger partial charge in [-0.3, -0.25) is 0 Å². The molecule has 0 aromatic heterocycles. The molecular formula is C18H22O2. The van der Waals surface area contributed by atoms with Crippen molar-refractivity contribution < 1.29 is 9.47 Å². The summed E-state index contributed by atoms with van der Waals surface area (Å²) in [7, 11) is 0. The molecule has 3 atom stereocenters. The van der Waals surface area contributed by atoms with Gasteiger partial charge in [-0.25, -0.2) is 0 Å². The molecule has 0 bridgehead atoms. The van der Waals surface area contributed by atoms with E-state index in [1.807, 2.05) is 0 Å². The highest BCUT2D eigenvalue weighted by Gasteiger charge is 2.25. The fraction of sp³-hybridized carbons (Fsp3) is 0.444. The summed E-state index contributed by atoms with van der Waals surface area (Å²) in [6.07, 6.45) is 8.94. The number of hydrogen-bond donors (Lipinski definition) is 0. The first-order valence-electron chi connectivity index (χ1n) is 7.48. The van der Waals surface area contributed by atoms with Crippen LogP contribution in [0.15, 0.2) is 54.3 Å². The Labute approximate surface area is 121 Å². The van der Waals surface area contributed by atoms with Crippen LogP contribution in [-0.2, 0) is 9.47 Å². The fourth-order valence-electron chi connectivity index (χ4n) is 2.72. The van der Waals surface area contributed by atoms with Gasteiger partial charge < -0.3 is 9.47 Å². The molecule has 20 heavy (non-hydrogen) atoms. The monoisotopic (exact) mass is 270 g/mol. The molecule has 106 valence electrons. The molecule has 1 fully saturated rings. The first-order valence-corrected chi connectivity index (χ1v) is 7.48. The minimum absolute atomic E-state index is 0.327. The zero-order chi connectivity index (χ0) is 13.8. The summed E-state index contributed by atoms with van der Waals surface area (Å²) in [5, 5.41) is 0. The van der Waals surface area contributed by atoms with Crippen molar-refractivity contribution in [3.63, 3.8) is 0 Å². The molecule has 1 aliphatic heterocycles. The standard InChI is InChI=1S/C18H22O2/c1-14(15-7-3-2-4-8-15)16-9-5-6-10-17(11-16)19-12-18-13-20-18/h2-8,10,14,16,18H,9,11-13H2,1H3. The van der Waals surface area contributed by atoms with E-state index in [0.29, 0.717) is 24.5 Å². The van der Waals surface area contributed by atoms with Gasteiger partial charge in [0.1, 0.15) is 12.7 Å². The number of benzene rings is 1. The van der Waals surface area contributed by atoms with Gasteiger partial charge in [-0.15, -0.1) is 0 Å². The fourth-order valence-corrected chi connectivity index (χ4v) is 2.72. The van der Waals surface area contributed by atoms with Gasteiger partial charge in [-0.05, 0) is 29.9 Å². The van der Waals surface area contributed by atoms with Crippen molar-refractivity contribution in [2.24, 2.45) is 5.92 Å². The van der Waals surface area contributed by atoms with Gasteiger partial charge in [0.2, 0.25) is 0 Å². The first kappa shape index (κ1) is 13.4. The Hall–Kier alpha value is -1.54. The quantitative estimate of drug-likeness (QED) is 0.753. The van der Waals surface area contributed by atoms with Crippen molar-refractivity contribution >= 4 is 0 Å². The van der Waals surface area contributed by atoms with Gasteiger partial charge in [-0.1, -0.05) is 49.4 Å². The maximum Gasteiger partial charge on any atom is 0.116 e. The molecule has 0 N–H and O–H groups in total. The molecule has 1 aromatic rings. The summed E-state index contributed by atoms with van der Waals surface area (Å²) in [6.45, 7) is 3.87. The second-order valence-electron chi connectivity index (χ2n) is 5.73. The highest BCUT2D eigenvalue weighted by molar-refractivity contribution is 5.22. The van der Waals surface area contributed by atoms with E-state index in [1.54, 1.807) is 0 Å². The van der Waals surface area contributed by atoms with Crippen molar-refractivity contribution in [2.45, 2.75) is 31.8 Å². The molecule has 1 heterocycles. The molecule has 0 saturated carbocycles. The third kappa shape index (κ3) is 3.51.